The van der Waals surface area contributed by atoms with Gasteiger partial charge in [0.25, 0.3) is 5.91 Å². The molecule has 19 heavy (non-hydrogen) atoms. The number of benzene rings is 2. The largest absolute Gasteiger partial charge is 0.322 e. The number of rotatable bonds is 2. The van der Waals surface area contributed by atoms with Crippen molar-refractivity contribution in [3.8, 4) is 0 Å². The van der Waals surface area contributed by atoms with Gasteiger partial charge in [-0.25, -0.2) is 0 Å². The SMILES string of the molecule is Cc1ccc(NC(=O)c2cc(Br)ccc2C)cc1Cl. The number of carbonyl (C=O) groups excluding carboxylic acids is 1. The third kappa shape index (κ3) is 3.37. The molecule has 0 saturated heterocycles. The molecule has 0 radical (unpaired) electrons. The van der Waals surface area contributed by atoms with Crippen molar-refractivity contribution in [2.45, 2.75) is 13.8 Å². The highest BCUT2D eigenvalue weighted by Gasteiger charge is 2.10. The maximum atomic E-state index is 12.2. The Balaban J connectivity index is 2.25. The van der Waals surface area contributed by atoms with Gasteiger partial charge in [-0.15, -0.1) is 0 Å². The Morgan fingerprint density at radius 3 is 2.47 bits per heavy atom. The molecule has 98 valence electrons. The van der Waals surface area contributed by atoms with E-state index in [2.05, 4.69) is 21.2 Å². The summed E-state index contributed by atoms with van der Waals surface area (Å²) in [5.41, 5.74) is 3.25. The highest BCUT2D eigenvalue weighted by atomic mass is 79.9. The predicted octanol–water partition coefficient (Wildman–Crippen LogP) is 4.97. The van der Waals surface area contributed by atoms with Crippen LogP contribution in [-0.4, -0.2) is 5.91 Å². The molecule has 4 heteroatoms. The zero-order chi connectivity index (χ0) is 14.0. The maximum Gasteiger partial charge on any atom is 0.255 e. The average Bonchev–Trinajstić information content (AvgIpc) is 2.36. The van der Waals surface area contributed by atoms with E-state index in [1.807, 2.05) is 38.1 Å². The summed E-state index contributed by atoms with van der Waals surface area (Å²) in [6, 6.07) is 11.1. The van der Waals surface area contributed by atoms with E-state index in [-0.39, 0.29) is 5.91 Å². The van der Waals surface area contributed by atoms with Crippen molar-refractivity contribution in [2.24, 2.45) is 0 Å². The van der Waals surface area contributed by atoms with Crippen molar-refractivity contribution < 1.29 is 4.79 Å². The van der Waals surface area contributed by atoms with Gasteiger partial charge < -0.3 is 5.32 Å². The number of hydrogen-bond acceptors (Lipinski definition) is 1. The Bertz CT molecular complexity index is 640. The van der Waals surface area contributed by atoms with Gasteiger partial charge in [-0.05, 0) is 49.2 Å². The molecule has 0 aliphatic heterocycles. The van der Waals surface area contributed by atoms with Crippen LogP contribution in [0.5, 0.6) is 0 Å². The number of anilines is 1. The van der Waals surface area contributed by atoms with Gasteiger partial charge in [0, 0.05) is 20.7 Å². The van der Waals surface area contributed by atoms with E-state index in [1.165, 1.54) is 0 Å². The van der Waals surface area contributed by atoms with Crippen LogP contribution in [-0.2, 0) is 0 Å². The molecule has 0 bridgehead atoms. The molecule has 0 aliphatic rings. The fourth-order valence-corrected chi connectivity index (χ4v) is 2.25. The van der Waals surface area contributed by atoms with Crippen molar-refractivity contribution in [3.05, 3.63) is 62.6 Å². The van der Waals surface area contributed by atoms with Crippen LogP contribution in [0.1, 0.15) is 21.5 Å². The molecule has 2 aromatic carbocycles. The van der Waals surface area contributed by atoms with Crippen LogP contribution in [0.25, 0.3) is 0 Å². The first-order valence-electron chi connectivity index (χ1n) is 5.81. The Morgan fingerprint density at radius 1 is 1.11 bits per heavy atom. The second-order valence-electron chi connectivity index (χ2n) is 4.38. The fourth-order valence-electron chi connectivity index (χ4n) is 1.71. The lowest BCUT2D eigenvalue weighted by Crippen LogP contribution is -2.13. The standard InChI is InChI=1S/C15H13BrClNO/c1-9-3-5-11(16)7-13(9)15(19)18-12-6-4-10(2)14(17)8-12/h3-8H,1-2H3,(H,18,19). The molecule has 0 saturated carbocycles. The van der Waals surface area contributed by atoms with E-state index in [4.69, 9.17) is 11.6 Å². The third-order valence-corrected chi connectivity index (χ3v) is 3.77. The van der Waals surface area contributed by atoms with Gasteiger partial charge in [-0.3, -0.25) is 4.79 Å². The maximum absolute atomic E-state index is 12.2. The first-order chi connectivity index (χ1) is 8.97. The second-order valence-corrected chi connectivity index (χ2v) is 5.70. The zero-order valence-electron chi connectivity index (χ0n) is 10.6. The highest BCUT2D eigenvalue weighted by Crippen LogP contribution is 2.22. The first-order valence-corrected chi connectivity index (χ1v) is 6.98. The summed E-state index contributed by atoms with van der Waals surface area (Å²) in [6.07, 6.45) is 0. The minimum absolute atomic E-state index is 0.140. The van der Waals surface area contributed by atoms with E-state index in [0.29, 0.717) is 16.3 Å². The quantitative estimate of drug-likeness (QED) is 0.823. The van der Waals surface area contributed by atoms with Gasteiger partial charge in [-0.2, -0.15) is 0 Å². The van der Waals surface area contributed by atoms with E-state index in [0.717, 1.165) is 15.6 Å². The molecule has 0 aliphatic carbocycles. The van der Waals surface area contributed by atoms with Crippen molar-refractivity contribution in [3.63, 3.8) is 0 Å². The number of nitrogens with one attached hydrogen (secondary N) is 1. The highest BCUT2D eigenvalue weighted by molar-refractivity contribution is 9.10. The molecule has 0 fully saturated rings. The Labute approximate surface area is 125 Å². The van der Waals surface area contributed by atoms with Crippen LogP contribution in [0, 0.1) is 13.8 Å². The van der Waals surface area contributed by atoms with Crippen molar-refractivity contribution in [1.29, 1.82) is 0 Å². The lowest BCUT2D eigenvalue weighted by atomic mass is 10.1. The molecule has 0 heterocycles. The second kappa shape index (κ2) is 5.76. The summed E-state index contributed by atoms with van der Waals surface area (Å²) >= 11 is 9.41. The van der Waals surface area contributed by atoms with Crippen LogP contribution >= 0.6 is 27.5 Å². The minimum atomic E-state index is -0.140. The van der Waals surface area contributed by atoms with Crippen LogP contribution in [0.3, 0.4) is 0 Å². The fraction of sp³-hybridized carbons (Fsp3) is 0.133. The first kappa shape index (κ1) is 14.1. The normalized spacial score (nSPS) is 10.3. The van der Waals surface area contributed by atoms with Crippen molar-refractivity contribution in [2.75, 3.05) is 5.32 Å². The van der Waals surface area contributed by atoms with Crippen molar-refractivity contribution >= 4 is 39.1 Å². The summed E-state index contributed by atoms with van der Waals surface area (Å²) < 4.78 is 0.880. The predicted molar refractivity (Wildman–Crippen MR) is 83.0 cm³/mol. The van der Waals surface area contributed by atoms with Crippen LogP contribution in [0.15, 0.2) is 40.9 Å². The summed E-state index contributed by atoms with van der Waals surface area (Å²) in [6.45, 7) is 3.83. The summed E-state index contributed by atoms with van der Waals surface area (Å²) in [5.74, 6) is -0.140. The summed E-state index contributed by atoms with van der Waals surface area (Å²) in [4.78, 5) is 12.2. The number of carbonyl (C=O) groups is 1. The van der Waals surface area contributed by atoms with Crippen LogP contribution < -0.4 is 5.32 Å². The lowest BCUT2D eigenvalue weighted by Gasteiger charge is -2.09. The molecule has 0 spiro atoms. The molecule has 0 aromatic heterocycles. The Kier molecular flexibility index (Phi) is 4.27. The summed E-state index contributed by atoms with van der Waals surface area (Å²) in [7, 11) is 0. The number of halogens is 2. The molecule has 0 atom stereocenters. The van der Waals surface area contributed by atoms with Gasteiger partial charge in [-0.1, -0.05) is 39.7 Å². The molecular weight excluding hydrogens is 326 g/mol. The monoisotopic (exact) mass is 337 g/mol. The molecule has 1 N–H and O–H groups in total. The van der Waals surface area contributed by atoms with Gasteiger partial charge in [0.2, 0.25) is 0 Å². The molecule has 2 nitrogen and oxygen atoms in total. The number of aryl methyl sites for hydroxylation is 2. The molecule has 0 unspecified atom stereocenters. The Morgan fingerprint density at radius 2 is 1.79 bits per heavy atom. The van der Waals surface area contributed by atoms with Crippen molar-refractivity contribution in [1.82, 2.24) is 0 Å². The van der Waals surface area contributed by atoms with Crippen LogP contribution in [0.4, 0.5) is 5.69 Å². The average molecular weight is 339 g/mol. The molecular formula is C15H13BrClNO. The van der Waals surface area contributed by atoms with E-state index >= 15 is 0 Å². The van der Waals surface area contributed by atoms with Crippen LogP contribution in [0.2, 0.25) is 5.02 Å². The topological polar surface area (TPSA) is 29.1 Å². The van der Waals surface area contributed by atoms with Gasteiger partial charge in [0.1, 0.15) is 0 Å². The number of amides is 1. The summed E-state index contributed by atoms with van der Waals surface area (Å²) in [5, 5.41) is 3.49. The van der Waals surface area contributed by atoms with Gasteiger partial charge in [0.05, 0.1) is 0 Å². The molecule has 2 rings (SSSR count). The molecule has 2 aromatic rings. The van der Waals surface area contributed by atoms with E-state index < -0.39 is 0 Å². The van der Waals surface area contributed by atoms with Gasteiger partial charge in [0.15, 0.2) is 0 Å². The number of hydrogen-bond donors (Lipinski definition) is 1. The molecule has 1 amide bonds. The van der Waals surface area contributed by atoms with E-state index in [1.54, 1.807) is 12.1 Å². The third-order valence-electron chi connectivity index (χ3n) is 2.87. The Hall–Kier alpha value is -1.32. The van der Waals surface area contributed by atoms with E-state index in [9.17, 15) is 4.79 Å². The van der Waals surface area contributed by atoms with Gasteiger partial charge >= 0.3 is 0 Å². The zero-order valence-corrected chi connectivity index (χ0v) is 13.0. The smallest absolute Gasteiger partial charge is 0.255 e. The minimum Gasteiger partial charge on any atom is -0.322 e. The lowest BCUT2D eigenvalue weighted by molar-refractivity contribution is 0.102.